The second kappa shape index (κ2) is 5.42. The smallest absolute Gasteiger partial charge is 0.271 e. The van der Waals surface area contributed by atoms with E-state index >= 15 is 0 Å². The minimum absolute atomic E-state index is 0.00192. The van der Waals surface area contributed by atoms with E-state index in [0.29, 0.717) is 23.5 Å². The second-order valence-corrected chi connectivity index (χ2v) is 5.52. The fraction of sp³-hybridized carbons (Fsp3) is 0.500. The van der Waals surface area contributed by atoms with Crippen molar-refractivity contribution in [3.05, 3.63) is 34.2 Å². The Hall–Kier alpha value is -1.99. The van der Waals surface area contributed by atoms with Crippen molar-refractivity contribution in [2.45, 2.75) is 37.8 Å². The molecule has 1 aliphatic carbocycles. The average Bonchev–Trinajstić information content (AvgIpc) is 3.11. The molecule has 1 aromatic carbocycles. The van der Waals surface area contributed by atoms with E-state index in [-0.39, 0.29) is 17.8 Å². The predicted octanol–water partition coefficient (Wildman–Crippen LogP) is 2.13. The summed E-state index contributed by atoms with van der Waals surface area (Å²) in [5.41, 5.74) is 0.761. The molecule has 2 N–H and O–H groups in total. The van der Waals surface area contributed by atoms with Crippen molar-refractivity contribution in [2.24, 2.45) is 0 Å². The number of aliphatic hydroxyl groups is 1. The van der Waals surface area contributed by atoms with Gasteiger partial charge in [-0.1, -0.05) is 12.8 Å². The lowest BCUT2D eigenvalue weighted by molar-refractivity contribution is -0.384. The van der Waals surface area contributed by atoms with Gasteiger partial charge in [-0.3, -0.25) is 10.1 Å². The molecule has 0 atom stereocenters. The molecular weight excluding hydrogens is 274 g/mol. The van der Waals surface area contributed by atoms with Gasteiger partial charge in [0.25, 0.3) is 5.69 Å². The van der Waals surface area contributed by atoms with Crippen LogP contribution < -0.4 is 5.32 Å². The Morgan fingerprint density at radius 3 is 2.86 bits per heavy atom. The Bertz CT molecular complexity index is 661. The van der Waals surface area contributed by atoms with E-state index in [2.05, 4.69) is 10.3 Å². The quantitative estimate of drug-likeness (QED) is 0.646. The van der Waals surface area contributed by atoms with Crippen LogP contribution in [-0.4, -0.2) is 27.2 Å². The molecule has 0 bridgehead atoms. The summed E-state index contributed by atoms with van der Waals surface area (Å²) in [4.78, 5) is 14.6. The van der Waals surface area contributed by atoms with E-state index in [1.54, 1.807) is 6.07 Å². The molecule has 1 saturated carbocycles. The molecule has 0 saturated heterocycles. The number of fused-ring (bicyclic) bond motifs is 1. The normalized spacial score (nSPS) is 17.4. The maximum absolute atomic E-state index is 10.7. The monoisotopic (exact) mass is 291 g/mol. The SMILES string of the molecule is O=[N+]([O-])c1ccc2oc(CNC3(CO)CCCC3)nc2c1. The summed E-state index contributed by atoms with van der Waals surface area (Å²) >= 11 is 0. The van der Waals surface area contributed by atoms with Gasteiger partial charge >= 0.3 is 0 Å². The first kappa shape index (κ1) is 14.0. The number of nitro benzene ring substituents is 1. The van der Waals surface area contributed by atoms with Crippen LogP contribution in [0.25, 0.3) is 11.1 Å². The molecule has 112 valence electrons. The highest BCUT2D eigenvalue weighted by molar-refractivity contribution is 5.75. The van der Waals surface area contributed by atoms with Crippen molar-refractivity contribution < 1.29 is 14.4 Å². The lowest BCUT2D eigenvalue weighted by Gasteiger charge is -2.27. The van der Waals surface area contributed by atoms with E-state index in [0.717, 1.165) is 25.7 Å². The number of oxazole rings is 1. The van der Waals surface area contributed by atoms with Crippen LogP contribution >= 0.6 is 0 Å². The van der Waals surface area contributed by atoms with Gasteiger partial charge < -0.3 is 14.8 Å². The molecule has 7 heteroatoms. The molecule has 1 aromatic heterocycles. The summed E-state index contributed by atoms with van der Waals surface area (Å²) in [5, 5.41) is 23.6. The van der Waals surface area contributed by atoms with Crippen molar-refractivity contribution >= 4 is 16.8 Å². The van der Waals surface area contributed by atoms with Gasteiger partial charge in [0.05, 0.1) is 18.1 Å². The minimum atomic E-state index is -0.453. The van der Waals surface area contributed by atoms with Crippen LogP contribution in [0.2, 0.25) is 0 Å². The number of nitrogens with one attached hydrogen (secondary N) is 1. The molecule has 1 heterocycles. The van der Waals surface area contributed by atoms with Gasteiger partial charge in [-0.15, -0.1) is 0 Å². The van der Waals surface area contributed by atoms with Crippen LogP contribution in [0.15, 0.2) is 22.6 Å². The Balaban J connectivity index is 1.77. The Morgan fingerprint density at radius 2 is 2.19 bits per heavy atom. The van der Waals surface area contributed by atoms with Gasteiger partial charge in [0.15, 0.2) is 5.58 Å². The van der Waals surface area contributed by atoms with Gasteiger partial charge in [0, 0.05) is 17.7 Å². The topological polar surface area (TPSA) is 101 Å². The van der Waals surface area contributed by atoms with Crippen LogP contribution in [0.5, 0.6) is 0 Å². The lowest BCUT2D eigenvalue weighted by atomic mass is 9.99. The maximum Gasteiger partial charge on any atom is 0.271 e. The number of hydrogen-bond donors (Lipinski definition) is 2. The minimum Gasteiger partial charge on any atom is -0.439 e. The van der Waals surface area contributed by atoms with Gasteiger partial charge in [-0.25, -0.2) is 4.98 Å². The van der Waals surface area contributed by atoms with E-state index < -0.39 is 4.92 Å². The lowest BCUT2D eigenvalue weighted by Crippen LogP contribution is -2.45. The molecule has 21 heavy (non-hydrogen) atoms. The number of aromatic nitrogens is 1. The largest absolute Gasteiger partial charge is 0.439 e. The number of aliphatic hydroxyl groups excluding tert-OH is 1. The standard InChI is InChI=1S/C14H17N3O4/c18-9-14(5-1-2-6-14)15-8-13-16-11-7-10(17(19)20)3-4-12(11)21-13/h3-4,7,15,18H,1-2,5-6,8-9H2. The van der Waals surface area contributed by atoms with Crippen LogP contribution in [0.1, 0.15) is 31.6 Å². The predicted molar refractivity (Wildman–Crippen MR) is 75.8 cm³/mol. The Morgan fingerprint density at radius 1 is 1.43 bits per heavy atom. The molecular formula is C14H17N3O4. The first-order valence-electron chi connectivity index (χ1n) is 7.02. The molecule has 0 amide bonds. The first-order valence-corrected chi connectivity index (χ1v) is 7.02. The fourth-order valence-corrected chi connectivity index (χ4v) is 2.86. The molecule has 3 rings (SSSR count). The van der Waals surface area contributed by atoms with Gasteiger partial charge in [-0.2, -0.15) is 0 Å². The zero-order chi connectivity index (χ0) is 14.9. The van der Waals surface area contributed by atoms with E-state index in [1.807, 2.05) is 0 Å². The van der Waals surface area contributed by atoms with Gasteiger partial charge in [0.2, 0.25) is 5.89 Å². The maximum atomic E-state index is 10.7. The molecule has 1 fully saturated rings. The number of non-ortho nitro benzene ring substituents is 1. The number of hydrogen-bond acceptors (Lipinski definition) is 6. The Kier molecular flexibility index (Phi) is 3.60. The zero-order valence-electron chi connectivity index (χ0n) is 11.5. The molecule has 7 nitrogen and oxygen atoms in total. The third-order valence-electron chi connectivity index (χ3n) is 4.10. The first-order chi connectivity index (χ1) is 10.1. The van der Waals surface area contributed by atoms with Crippen molar-refractivity contribution in [3.63, 3.8) is 0 Å². The van der Waals surface area contributed by atoms with E-state index in [4.69, 9.17) is 4.42 Å². The summed E-state index contributed by atoms with van der Waals surface area (Å²) < 4.78 is 5.57. The third kappa shape index (κ3) is 2.74. The fourth-order valence-electron chi connectivity index (χ4n) is 2.86. The van der Waals surface area contributed by atoms with Crippen molar-refractivity contribution in [1.29, 1.82) is 0 Å². The number of benzene rings is 1. The number of nitro groups is 1. The highest BCUT2D eigenvalue weighted by Crippen LogP contribution is 2.29. The summed E-state index contributed by atoms with van der Waals surface area (Å²) in [6.45, 7) is 0.502. The van der Waals surface area contributed by atoms with Crippen LogP contribution in [0, 0.1) is 10.1 Å². The molecule has 0 unspecified atom stereocenters. The summed E-state index contributed by atoms with van der Waals surface area (Å²) in [5.74, 6) is 0.477. The highest BCUT2D eigenvalue weighted by Gasteiger charge is 2.32. The van der Waals surface area contributed by atoms with Gasteiger partial charge in [0.1, 0.15) is 5.52 Å². The second-order valence-electron chi connectivity index (χ2n) is 5.52. The summed E-state index contributed by atoms with van der Waals surface area (Å²) in [6.07, 6.45) is 4.09. The zero-order valence-corrected chi connectivity index (χ0v) is 11.5. The molecule has 0 aliphatic heterocycles. The summed E-state index contributed by atoms with van der Waals surface area (Å²) in [7, 11) is 0. The molecule has 0 radical (unpaired) electrons. The molecule has 1 aliphatic rings. The van der Waals surface area contributed by atoms with Crippen molar-refractivity contribution in [2.75, 3.05) is 6.61 Å². The van der Waals surface area contributed by atoms with Crippen LogP contribution in [0.3, 0.4) is 0 Å². The van der Waals surface area contributed by atoms with Crippen molar-refractivity contribution in [1.82, 2.24) is 10.3 Å². The van der Waals surface area contributed by atoms with E-state index in [9.17, 15) is 15.2 Å². The van der Waals surface area contributed by atoms with Crippen LogP contribution in [0.4, 0.5) is 5.69 Å². The van der Waals surface area contributed by atoms with Crippen LogP contribution in [-0.2, 0) is 6.54 Å². The third-order valence-corrected chi connectivity index (χ3v) is 4.10. The van der Waals surface area contributed by atoms with Crippen molar-refractivity contribution in [3.8, 4) is 0 Å². The average molecular weight is 291 g/mol. The molecule has 0 spiro atoms. The summed E-state index contributed by atoms with van der Waals surface area (Å²) in [6, 6.07) is 4.36. The number of nitrogens with zero attached hydrogens (tertiary/aromatic N) is 2. The molecule has 2 aromatic rings. The van der Waals surface area contributed by atoms with E-state index in [1.165, 1.54) is 12.1 Å². The Labute approximate surface area is 121 Å². The van der Waals surface area contributed by atoms with Gasteiger partial charge in [-0.05, 0) is 18.9 Å². The highest BCUT2D eigenvalue weighted by atomic mass is 16.6. The number of rotatable bonds is 5.